The summed E-state index contributed by atoms with van der Waals surface area (Å²) in [5.41, 5.74) is 6.49. The van der Waals surface area contributed by atoms with E-state index in [1.165, 1.54) is 12.1 Å². The zero-order valence-electron chi connectivity index (χ0n) is 16.2. The fourth-order valence-corrected chi connectivity index (χ4v) is 4.74. The van der Waals surface area contributed by atoms with Crippen molar-refractivity contribution < 1.29 is 17.9 Å². The average Bonchev–Trinajstić information content (AvgIpc) is 3.20. The molecule has 0 spiro atoms. The predicted octanol–water partition coefficient (Wildman–Crippen LogP) is 1.77. The van der Waals surface area contributed by atoms with Gasteiger partial charge in [0.2, 0.25) is 10.0 Å². The van der Waals surface area contributed by atoms with E-state index in [4.69, 9.17) is 10.5 Å². The number of carbonyl (C=O) groups excluding carboxylic acids is 1. The molecule has 2 aliphatic heterocycles. The van der Waals surface area contributed by atoms with Gasteiger partial charge in [0.1, 0.15) is 0 Å². The van der Waals surface area contributed by atoms with Gasteiger partial charge < -0.3 is 15.4 Å². The Hall–Kier alpha value is -1.19. The van der Waals surface area contributed by atoms with Gasteiger partial charge in [-0.2, -0.15) is 0 Å². The number of amides is 1. The molecule has 3 N–H and O–H groups in total. The lowest BCUT2D eigenvalue weighted by molar-refractivity contribution is 0.0661. The Morgan fingerprint density at radius 3 is 2.61 bits per heavy atom. The van der Waals surface area contributed by atoms with Crippen LogP contribution in [0.2, 0.25) is 0 Å². The second-order valence-electron chi connectivity index (χ2n) is 7.52. The van der Waals surface area contributed by atoms with Crippen molar-refractivity contribution in [2.45, 2.75) is 49.6 Å². The van der Waals surface area contributed by atoms with Crippen molar-refractivity contribution in [3.63, 3.8) is 0 Å². The summed E-state index contributed by atoms with van der Waals surface area (Å²) in [6.45, 7) is 4.30. The number of piperidine rings is 1. The first-order chi connectivity index (χ1) is 12.9. The minimum absolute atomic E-state index is 0. The lowest BCUT2D eigenvalue weighted by Crippen LogP contribution is -2.45. The molecule has 3 unspecified atom stereocenters. The van der Waals surface area contributed by atoms with Crippen molar-refractivity contribution in [1.29, 1.82) is 0 Å². The fraction of sp³-hybridized carbons (Fsp3) is 0.632. The summed E-state index contributed by atoms with van der Waals surface area (Å²) in [6, 6.07) is 6.19. The largest absolute Gasteiger partial charge is 0.377 e. The maximum Gasteiger partial charge on any atom is 0.253 e. The van der Waals surface area contributed by atoms with Gasteiger partial charge in [-0.1, -0.05) is 0 Å². The molecule has 1 aromatic rings. The van der Waals surface area contributed by atoms with Crippen LogP contribution in [0.5, 0.6) is 0 Å². The maximum absolute atomic E-state index is 12.7. The average molecular weight is 432 g/mol. The van der Waals surface area contributed by atoms with Gasteiger partial charge in [-0.05, 0) is 62.8 Å². The number of sulfonamides is 1. The molecule has 9 heteroatoms. The predicted molar refractivity (Wildman–Crippen MR) is 110 cm³/mol. The number of likely N-dealkylation sites (tertiary alicyclic amines) is 1. The van der Waals surface area contributed by atoms with E-state index in [1.54, 1.807) is 12.1 Å². The SMILES string of the molecule is CC(N)C1CCCN(C(=O)c2ccc(S(=O)(=O)NCC3CCCO3)cc2)C1.Cl. The smallest absolute Gasteiger partial charge is 0.253 e. The van der Waals surface area contributed by atoms with E-state index < -0.39 is 10.0 Å². The van der Waals surface area contributed by atoms with Crippen LogP contribution >= 0.6 is 12.4 Å². The monoisotopic (exact) mass is 431 g/mol. The summed E-state index contributed by atoms with van der Waals surface area (Å²) < 4.78 is 32.9. The van der Waals surface area contributed by atoms with Gasteiger partial charge in [0.05, 0.1) is 11.0 Å². The highest BCUT2D eigenvalue weighted by Gasteiger charge is 2.27. The molecule has 0 bridgehead atoms. The highest BCUT2D eigenvalue weighted by molar-refractivity contribution is 7.89. The molecule has 3 atom stereocenters. The quantitative estimate of drug-likeness (QED) is 0.714. The van der Waals surface area contributed by atoms with E-state index in [-0.39, 0.29) is 41.9 Å². The molecule has 2 saturated heterocycles. The normalized spacial score (nSPS) is 23.9. The Balaban J connectivity index is 0.00000280. The molecule has 2 fully saturated rings. The minimum atomic E-state index is -3.61. The van der Waals surface area contributed by atoms with Crippen LogP contribution in [0.15, 0.2) is 29.2 Å². The lowest BCUT2D eigenvalue weighted by atomic mass is 9.92. The van der Waals surface area contributed by atoms with Crippen molar-refractivity contribution >= 4 is 28.3 Å². The Kier molecular flexibility index (Phi) is 8.27. The molecule has 158 valence electrons. The Bertz CT molecular complexity index is 749. The van der Waals surface area contributed by atoms with Gasteiger partial charge in [0, 0.05) is 37.8 Å². The molecule has 3 rings (SSSR count). The number of nitrogens with two attached hydrogens (primary N) is 1. The van der Waals surface area contributed by atoms with Gasteiger partial charge in [0.15, 0.2) is 0 Å². The van der Waals surface area contributed by atoms with Crippen LogP contribution in [0, 0.1) is 5.92 Å². The highest BCUT2D eigenvalue weighted by Crippen LogP contribution is 2.21. The molecule has 28 heavy (non-hydrogen) atoms. The number of ether oxygens (including phenoxy) is 1. The van der Waals surface area contributed by atoms with Crippen molar-refractivity contribution in [3.05, 3.63) is 29.8 Å². The first-order valence-corrected chi connectivity index (χ1v) is 11.1. The number of carbonyl (C=O) groups is 1. The molecular formula is C19H30ClN3O4S. The summed E-state index contributed by atoms with van der Waals surface area (Å²) >= 11 is 0. The summed E-state index contributed by atoms with van der Waals surface area (Å²) in [5.74, 6) is 0.237. The van der Waals surface area contributed by atoms with Gasteiger partial charge in [-0.3, -0.25) is 4.79 Å². The van der Waals surface area contributed by atoms with Crippen LogP contribution in [0.3, 0.4) is 0 Å². The molecule has 1 amide bonds. The Labute approximate surface area is 173 Å². The number of rotatable bonds is 6. The molecule has 7 nitrogen and oxygen atoms in total. The van der Waals surface area contributed by atoms with E-state index in [9.17, 15) is 13.2 Å². The minimum Gasteiger partial charge on any atom is -0.377 e. The number of halogens is 1. The number of nitrogens with one attached hydrogen (secondary N) is 1. The Morgan fingerprint density at radius 2 is 2.00 bits per heavy atom. The van der Waals surface area contributed by atoms with Crippen molar-refractivity contribution in [3.8, 4) is 0 Å². The Morgan fingerprint density at radius 1 is 1.29 bits per heavy atom. The molecule has 2 heterocycles. The number of hydrogen-bond acceptors (Lipinski definition) is 5. The van der Waals surface area contributed by atoms with Gasteiger partial charge in [-0.15, -0.1) is 12.4 Å². The topological polar surface area (TPSA) is 102 Å². The molecule has 0 aliphatic carbocycles. The van der Waals surface area contributed by atoms with Gasteiger partial charge in [-0.25, -0.2) is 13.1 Å². The fourth-order valence-electron chi connectivity index (χ4n) is 3.67. The van der Waals surface area contributed by atoms with Crippen LogP contribution in [0.25, 0.3) is 0 Å². The molecule has 0 aromatic heterocycles. The first-order valence-electron chi connectivity index (χ1n) is 9.63. The third kappa shape index (κ3) is 5.67. The van der Waals surface area contributed by atoms with Crippen molar-refractivity contribution in [2.24, 2.45) is 11.7 Å². The van der Waals surface area contributed by atoms with E-state index >= 15 is 0 Å². The van der Waals surface area contributed by atoms with Crippen molar-refractivity contribution in [2.75, 3.05) is 26.2 Å². The van der Waals surface area contributed by atoms with Crippen molar-refractivity contribution in [1.82, 2.24) is 9.62 Å². The van der Waals surface area contributed by atoms with Crippen LogP contribution < -0.4 is 10.5 Å². The summed E-state index contributed by atoms with van der Waals surface area (Å²) in [5, 5.41) is 0. The lowest BCUT2D eigenvalue weighted by Gasteiger charge is -2.34. The molecule has 0 saturated carbocycles. The maximum atomic E-state index is 12.7. The summed E-state index contributed by atoms with van der Waals surface area (Å²) in [7, 11) is -3.61. The van der Waals surface area contributed by atoms with Crippen LogP contribution in [-0.4, -0.2) is 57.6 Å². The molecule has 1 aromatic carbocycles. The highest BCUT2D eigenvalue weighted by atomic mass is 35.5. The van der Waals surface area contributed by atoms with E-state index in [1.807, 2.05) is 11.8 Å². The van der Waals surface area contributed by atoms with Crippen LogP contribution in [0.4, 0.5) is 0 Å². The molecule has 0 radical (unpaired) electrons. The zero-order chi connectivity index (χ0) is 19.4. The van der Waals surface area contributed by atoms with Crippen LogP contribution in [-0.2, 0) is 14.8 Å². The van der Waals surface area contributed by atoms with E-state index in [0.717, 1.165) is 25.7 Å². The number of benzene rings is 1. The molecular weight excluding hydrogens is 402 g/mol. The number of hydrogen-bond donors (Lipinski definition) is 2. The standard InChI is InChI=1S/C19H29N3O4S.ClH/c1-14(20)16-4-2-10-22(13-16)19(23)15-6-8-18(9-7-15)27(24,25)21-12-17-5-3-11-26-17;/h6-9,14,16-17,21H,2-5,10-13,20H2,1H3;1H. The third-order valence-corrected chi connectivity index (χ3v) is 6.86. The summed E-state index contributed by atoms with van der Waals surface area (Å²) in [6.07, 6.45) is 3.75. The summed E-state index contributed by atoms with van der Waals surface area (Å²) in [4.78, 5) is 14.7. The van der Waals surface area contributed by atoms with E-state index in [2.05, 4.69) is 4.72 Å². The third-order valence-electron chi connectivity index (χ3n) is 5.43. The van der Waals surface area contributed by atoms with Gasteiger partial charge in [0.25, 0.3) is 5.91 Å². The number of nitrogens with zero attached hydrogens (tertiary/aromatic N) is 1. The van der Waals surface area contributed by atoms with Gasteiger partial charge >= 0.3 is 0 Å². The second kappa shape index (κ2) is 10.0. The second-order valence-corrected chi connectivity index (χ2v) is 9.29. The van der Waals surface area contributed by atoms with Crippen LogP contribution in [0.1, 0.15) is 43.0 Å². The first kappa shape index (κ1) is 23.1. The molecule has 2 aliphatic rings. The van der Waals surface area contributed by atoms with E-state index in [0.29, 0.717) is 31.2 Å². The zero-order valence-corrected chi connectivity index (χ0v) is 17.8.